The molecule has 0 aromatic rings. The molecule has 0 bridgehead atoms. The van der Waals surface area contributed by atoms with E-state index in [1.54, 1.807) is 0 Å². The molecule has 0 aromatic heterocycles. The van der Waals surface area contributed by atoms with Gasteiger partial charge in [0, 0.05) is 13.1 Å². The fourth-order valence-electron chi connectivity index (χ4n) is 3.82. The van der Waals surface area contributed by atoms with Crippen LogP contribution < -0.4 is 0 Å². The van der Waals surface area contributed by atoms with Gasteiger partial charge in [-0.15, -0.1) is 0 Å². The Morgan fingerprint density at radius 2 is 2.22 bits per heavy atom. The molecule has 0 aromatic carbocycles. The van der Waals surface area contributed by atoms with Gasteiger partial charge in [-0.2, -0.15) is 0 Å². The lowest BCUT2D eigenvalue weighted by molar-refractivity contribution is -0.148. The van der Waals surface area contributed by atoms with E-state index in [0.717, 1.165) is 44.3 Å². The minimum absolute atomic E-state index is 0.458. The van der Waals surface area contributed by atoms with Crippen molar-refractivity contribution in [3.05, 3.63) is 0 Å². The second-order valence-corrected chi connectivity index (χ2v) is 6.56. The molecule has 3 unspecified atom stereocenters. The molecule has 1 saturated carbocycles. The highest BCUT2D eigenvalue weighted by atomic mass is 16.4. The van der Waals surface area contributed by atoms with Gasteiger partial charge in [0.25, 0.3) is 0 Å². The van der Waals surface area contributed by atoms with Gasteiger partial charge in [-0.1, -0.05) is 26.7 Å². The third kappa shape index (κ3) is 2.87. The Hall–Kier alpha value is -0.570. The summed E-state index contributed by atoms with van der Waals surface area (Å²) in [7, 11) is 0. The van der Waals surface area contributed by atoms with Gasteiger partial charge in [-0.05, 0) is 44.1 Å². The maximum absolute atomic E-state index is 11.4. The second kappa shape index (κ2) is 5.60. The maximum Gasteiger partial charge on any atom is 0.310 e. The number of nitrogens with zero attached hydrogens (tertiary/aromatic N) is 1. The number of aliphatic carboxylic acids is 1. The van der Waals surface area contributed by atoms with Crippen LogP contribution in [0.25, 0.3) is 0 Å². The predicted octanol–water partition coefficient (Wildman–Crippen LogP) is 3.00. The fraction of sp³-hybridized carbons (Fsp3) is 0.933. The number of carboxylic acids is 1. The van der Waals surface area contributed by atoms with E-state index in [1.807, 2.05) is 6.92 Å². The van der Waals surface area contributed by atoms with Gasteiger partial charge in [-0.3, -0.25) is 4.79 Å². The molecule has 1 aliphatic heterocycles. The Morgan fingerprint density at radius 3 is 2.78 bits per heavy atom. The number of carbonyl (C=O) groups is 1. The Bertz CT molecular complexity index is 305. The maximum atomic E-state index is 11.4. The summed E-state index contributed by atoms with van der Waals surface area (Å²) in [5.74, 6) is 1.07. The van der Waals surface area contributed by atoms with Crippen LogP contribution in [0.15, 0.2) is 0 Å². The van der Waals surface area contributed by atoms with Gasteiger partial charge in [0.05, 0.1) is 5.41 Å². The number of hydrogen-bond donors (Lipinski definition) is 1. The van der Waals surface area contributed by atoms with Gasteiger partial charge < -0.3 is 10.0 Å². The predicted molar refractivity (Wildman–Crippen MR) is 72.5 cm³/mol. The fourth-order valence-corrected chi connectivity index (χ4v) is 3.82. The standard InChI is InChI=1S/C15H27NO2/c1-3-15(14(17)18)7-8-16(11-15)10-13-6-4-5-12(2)9-13/h12-13H,3-11H2,1-2H3,(H,17,18). The van der Waals surface area contributed by atoms with Gasteiger partial charge >= 0.3 is 5.97 Å². The van der Waals surface area contributed by atoms with Crippen molar-refractivity contribution in [1.29, 1.82) is 0 Å². The molecule has 1 N–H and O–H groups in total. The first kappa shape index (κ1) is 13.9. The van der Waals surface area contributed by atoms with Crippen LogP contribution in [0.4, 0.5) is 0 Å². The molecule has 1 heterocycles. The van der Waals surface area contributed by atoms with Crippen molar-refractivity contribution >= 4 is 5.97 Å². The molecule has 3 heteroatoms. The van der Waals surface area contributed by atoms with Crippen LogP contribution >= 0.6 is 0 Å². The molecule has 1 aliphatic carbocycles. The molecule has 3 atom stereocenters. The molecular formula is C15H27NO2. The van der Waals surface area contributed by atoms with Crippen molar-refractivity contribution < 1.29 is 9.90 Å². The highest BCUT2D eigenvalue weighted by Crippen LogP contribution is 2.36. The van der Waals surface area contributed by atoms with E-state index in [2.05, 4.69) is 11.8 Å². The summed E-state index contributed by atoms with van der Waals surface area (Å²) in [4.78, 5) is 13.8. The Labute approximate surface area is 111 Å². The first-order valence-corrected chi connectivity index (χ1v) is 7.51. The van der Waals surface area contributed by atoms with Crippen molar-refractivity contribution in [3.8, 4) is 0 Å². The Morgan fingerprint density at radius 1 is 1.44 bits per heavy atom. The normalized spacial score (nSPS) is 37.9. The van der Waals surface area contributed by atoms with Crippen molar-refractivity contribution in [2.45, 2.75) is 52.4 Å². The van der Waals surface area contributed by atoms with Crippen molar-refractivity contribution in [2.75, 3.05) is 19.6 Å². The van der Waals surface area contributed by atoms with E-state index in [9.17, 15) is 9.90 Å². The molecular weight excluding hydrogens is 226 g/mol. The van der Waals surface area contributed by atoms with Crippen molar-refractivity contribution in [1.82, 2.24) is 4.90 Å². The third-order valence-electron chi connectivity index (χ3n) is 5.12. The van der Waals surface area contributed by atoms with Crippen LogP contribution in [-0.2, 0) is 4.79 Å². The zero-order valence-electron chi connectivity index (χ0n) is 11.8. The first-order valence-electron chi connectivity index (χ1n) is 7.51. The zero-order chi connectivity index (χ0) is 13.2. The molecule has 1 saturated heterocycles. The molecule has 3 nitrogen and oxygen atoms in total. The molecule has 2 aliphatic rings. The van der Waals surface area contributed by atoms with Crippen molar-refractivity contribution in [2.24, 2.45) is 17.3 Å². The van der Waals surface area contributed by atoms with Crippen LogP contribution in [0.3, 0.4) is 0 Å². The molecule has 0 amide bonds. The topological polar surface area (TPSA) is 40.5 Å². The molecule has 2 fully saturated rings. The minimum Gasteiger partial charge on any atom is -0.481 e. The van der Waals surface area contributed by atoms with E-state index < -0.39 is 11.4 Å². The Balaban J connectivity index is 1.87. The number of rotatable bonds is 4. The number of likely N-dealkylation sites (tertiary alicyclic amines) is 1. The SMILES string of the molecule is CCC1(C(=O)O)CCN(CC2CCCC(C)C2)C1. The highest BCUT2D eigenvalue weighted by molar-refractivity contribution is 5.75. The monoisotopic (exact) mass is 253 g/mol. The van der Waals surface area contributed by atoms with Gasteiger partial charge in [-0.25, -0.2) is 0 Å². The average Bonchev–Trinajstić information content (AvgIpc) is 2.74. The van der Waals surface area contributed by atoms with Gasteiger partial charge in [0.2, 0.25) is 0 Å². The lowest BCUT2D eigenvalue weighted by Gasteiger charge is -2.31. The van der Waals surface area contributed by atoms with Crippen LogP contribution in [-0.4, -0.2) is 35.6 Å². The quantitative estimate of drug-likeness (QED) is 0.837. The third-order valence-corrected chi connectivity index (χ3v) is 5.12. The summed E-state index contributed by atoms with van der Waals surface area (Å²) in [6.45, 7) is 7.23. The summed E-state index contributed by atoms with van der Waals surface area (Å²) in [6, 6.07) is 0. The van der Waals surface area contributed by atoms with E-state index in [0.29, 0.717) is 0 Å². The molecule has 0 radical (unpaired) electrons. The van der Waals surface area contributed by atoms with Crippen LogP contribution in [0, 0.1) is 17.3 Å². The van der Waals surface area contributed by atoms with Crippen LogP contribution in [0.1, 0.15) is 52.4 Å². The Kier molecular flexibility index (Phi) is 4.31. The smallest absolute Gasteiger partial charge is 0.310 e. The van der Waals surface area contributed by atoms with Crippen LogP contribution in [0.2, 0.25) is 0 Å². The van der Waals surface area contributed by atoms with Crippen molar-refractivity contribution in [3.63, 3.8) is 0 Å². The molecule has 18 heavy (non-hydrogen) atoms. The summed E-state index contributed by atoms with van der Waals surface area (Å²) in [5, 5.41) is 9.40. The summed E-state index contributed by atoms with van der Waals surface area (Å²) < 4.78 is 0. The number of carboxylic acid groups (broad SMARTS) is 1. The summed E-state index contributed by atoms with van der Waals surface area (Å²) >= 11 is 0. The van der Waals surface area contributed by atoms with E-state index in [4.69, 9.17) is 0 Å². The lowest BCUT2D eigenvalue weighted by atomic mass is 9.82. The van der Waals surface area contributed by atoms with Gasteiger partial charge in [0.15, 0.2) is 0 Å². The van der Waals surface area contributed by atoms with Gasteiger partial charge in [0.1, 0.15) is 0 Å². The average molecular weight is 253 g/mol. The van der Waals surface area contributed by atoms with Crippen LogP contribution in [0.5, 0.6) is 0 Å². The second-order valence-electron chi connectivity index (χ2n) is 6.56. The van der Waals surface area contributed by atoms with E-state index in [-0.39, 0.29) is 0 Å². The minimum atomic E-state index is -0.593. The molecule has 104 valence electrons. The molecule has 0 spiro atoms. The first-order chi connectivity index (χ1) is 8.55. The lowest BCUT2D eigenvalue weighted by Crippen LogP contribution is -2.36. The molecule has 2 rings (SSSR count). The number of hydrogen-bond acceptors (Lipinski definition) is 2. The van der Waals surface area contributed by atoms with E-state index in [1.165, 1.54) is 25.7 Å². The highest BCUT2D eigenvalue weighted by Gasteiger charge is 2.43. The summed E-state index contributed by atoms with van der Waals surface area (Å²) in [6.07, 6.45) is 7.01. The largest absolute Gasteiger partial charge is 0.481 e. The van der Waals surface area contributed by atoms with E-state index >= 15 is 0 Å². The zero-order valence-corrected chi connectivity index (χ0v) is 11.8. The summed E-state index contributed by atoms with van der Waals surface area (Å²) in [5.41, 5.74) is -0.458.